The molecule has 0 heterocycles. The summed E-state index contributed by atoms with van der Waals surface area (Å²) in [7, 11) is 1.63. The molecule has 0 saturated carbocycles. The maximum atomic E-state index is 12.9. The monoisotopic (exact) mass is 1010 g/mol. The molecule has 0 bridgehead atoms. The number of aliphatic hydroxyl groups excluding tert-OH is 1. The van der Waals surface area contributed by atoms with E-state index in [0.29, 0.717) is 23.9 Å². The minimum absolute atomic E-state index is 0.0781. The van der Waals surface area contributed by atoms with Gasteiger partial charge in [-0.2, -0.15) is 0 Å². The molecule has 0 fully saturated rings. The van der Waals surface area contributed by atoms with Crippen LogP contribution in [0.15, 0.2) is 0 Å². The van der Waals surface area contributed by atoms with Gasteiger partial charge in [0.15, 0.2) is 0 Å². The topological polar surface area (TPSA) is 105 Å². The van der Waals surface area contributed by atoms with E-state index in [9.17, 15) is 19.4 Å². The SMILES string of the molecule is CCCCCCCCCCCCCCCCCCCCCCCCCCCCCCCCCCCCCCCCCCCC(=O)NC(COP(=O)(O)OCC[N+](C)(C)C)C(O)CCCCCCCCC. The van der Waals surface area contributed by atoms with Crippen molar-refractivity contribution in [3.8, 4) is 0 Å². The normalized spacial score (nSPS) is 13.8. The average molecular weight is 1010 g/mol. The van der Waals surface area contributed by atoms with E-state index in [1.54, 1.807) is 0 Å². The third kappa shape index (κ3) is 55.3. The first-order valence-electron chi connectivity index (χ1n) is 31.4. The van der Waals surface area contributed by atoms with Crippen molar-refractivity contribution < 1.29 is 32.9 Å². The van der Waals surface area contributed by atoms with Crippen LogP contribution in [0.4, 0.5) is 0 Å². The third-order valence-corrected chi connectivity index (χ3v) is 15.8. The zero-order valence-corrected chi connectivity index (χ0v) is 48.9. The molecule has 3 atom stereocenters. The van der Waals surface area contributed by atoms with E-state index >= 15 is 0 Å². The average Bonchev–Trinajstić information content (AvgIpc) is 3.32. The summed E-state index contributed by atoms with van der Waals surface area (Å²) in [5.74, 6) is -0.141. The number of carbonyl (C=O) groups excluding carboxylic acids is 1. The molecule has 0 aromatic rings. The Labute approximate surface area is 438 Å². The Morgan fingerprint density at radius 2 is 0.686 bits per heavy atom. The Morgan fingerprint density at radius 1 is 0.429 bits per heavy atom. The molecule has 1 amide bonds. The summed E-state index contributed by atoms with van der Waals surface area (Å²) in [5.41, 5.74) is 0. The van der Waals surface area contributed by atoms with E-state index in [1.807, 2.05) is 21.1 Å². The molecule has 9 heteroatoms. The first kappa shape index (κ1) is 69.5. The van der Waals surface area contributed by atoms with Crippen LogP contribution < -0.4 is 5.32 Å². The number of carbonyl (C=O) groups is 1. The van der Waals surface area contributed by atoms with Crippen molar-refractivity contribution in [1.29, 1.82) is 0 Å². The fourth-order valence-corrected chi connectivity index (χ4v) is 10.7. The summed E-state index contributed by atoms with van der Waals surface area (Å²) >= 11 is 0. The number of aliphatic hydroxyl groups is 1. The quantitative estimate of drug-likeness (QED) is 0.0318. The van der Waals surface area contributed by atoms with Gasteiger partial charge >= 0.3 is 7.82 Å². The van der Waals surface area contributed by atoms with Crippen LogP contribution in [0.3, 0.4) is 0 Å². The lowest BCUT2D eigenvalue weighted by molar-refractivity contribution is -0.870. The van der Waals surface area contributed by atoms with Gasteiger partial charge in [-0.25, -0.2) is 4.57 Å². The van der Waals surface area contributed by atoms with Gasteiger partial charge in [-0.1, -0.05) is 316 Å². The van der Waals surface area contributed by atoms with Gasteiger partial charge in [0, 0.05) is 6.42 Å². The largest absolute Gasteiger partial charge is 0.472 e. The summed E-state index contributed by atoms with van der Waals surface area (Å²) in [4.78, 5) is 23.1. The summed E-state index contributed by atoms with van der Waals surface area (Å²) < 4.78 is 23.6. The number of phosphoric ester groups is 1. The van der Waals surface area contributed by atoms with Crippen LogP contribution in [0.25, 0.3) is 0 Å². The zero-order valence-electron chi connectivity index (χ0n) is 48.1. The molecule has 8 nitrogen and oxygen atoms in total. The number of nitrogens with zero attached hydrogens (tertiary/aromatic N) is 1. The molecule has 0 radical (unpaired) electrons. The maximum Gasteiger partial charge on any atom is 0.472 e. The first-order chi connectivity index (χ1) is 34.0. The van der Waals surface area contributed by atoms with Crippen LogP contribution in [0, 0.1) is 0 Å². The molecule has 0 rings (SSSR count). The maximum absolute atomic E-state index is 12.9. The van der Waals surface area contributed by atoms with Crippen molar-refractivity contribution in [2.75, 3.05) is 40.9 Å². The second kappa shape index (κ2) is 53.3. The molecule has 0 aliphatic rings. The Kier molecular flexibility index (Phi) is 52.9. The standard InChI is InChI=1S/C61H125N2O6P/c1-6-8-10-12-14-15-16-17-18-19-20-21-22-23-24-25-26-27-28-29-30-31-32-33-34-35-36-37-38-39-40-41-42-43-44-45-46-47-49-51-53-55-61(65)62-59(60(64)54-52-50-48-13-11-9-7-2)58-69-70(66,67)68-57-56-63(3,4)5/h59-60,64H,6-58H2,1-5H3,(H-,62,65,66,67)/p+1. The highest BCUT2D eigenvalue weighted by molar-refractivity contribution is 7.47. The smallest absolute Gasteiger partial charge is 0.391 e. The number of unbranched alkanes of at least 4 members (excludes halogenated alkanes) is 46. The van der Waals surface area contributed by atoms with Crippen molar-refractivity contribution in [2.24, 2.45) is 0 Å². The molecular formula is C61H126N2O6P+. The molecule has 70 heavy (non-hydrogen) atoms. The van der Waals surface area contributed by atoms with Crippen LogP contribution in [0.2, 0.25) is 0 Å². The number of hydrogen-bond acceptors (Lipinski definition) is 5. The molecule has 0 spiro atoms. The van der Waals surface area contributed by atoms with Crippen LogP contribution >= 0.6 is 7.82 Å². The van der Waals surface area contributed by atoms with Crippen molar-refractivity contribution in [3.05, 3.63) is 0 Å². The van der Waals surface area contributed by atoms with Gasteiger partial charge < -0.3 is 19.8 Å². The fourth-order valence-electron chi connectivity index (χ4n) is 9.93. The molecule has 0 saturated heterocycles. The van der Waals surface area contributed by atoms with Crippen LogP contribution in [-0.2, 0) is 18.4 Å². The lowest BCUT2D eigenvalue weighted by Crippen LogP contribution is -2.46. The van der Waals surface area contributed by atoms with Gasteiger partial charge in [0.1, 0.15) is 13.2 Å². The Balaban J connectivity index is 3.63. The highest BCUT2D eigenvalue weighted by Crippen LogP contribution is 2.43. The summed E-state index contributed by atoms with van der Waals surface area (Å²) in [5, 5.41) is 13.9. The van der Waals surface area contributed by atoms with Crippen molar-refractivity contribution in [3.63, 3.8) is 0 Å². The molecule has 0 aromatic carbocycles. The molecule has 3 N–H and O–H groups in total. The number of likely N-dealkylation sites (N-methyl/N-ethyl adjacent to an activating group) is 1. The molecule has 0 aliphatic heterocycles. The molecule has 0 aromatic heterocycles. The van der Waals surface area contributed by atoms with Crippen LogP contribution in [0.5, 0.6) is 0 Å². The lowest BCUT2D eigenvalue weighted by Gasteiger charge is -2.26. The molecule has 3 unspecified atom stereocenters. The Bertz CT molecular complexity index is 1100. The Hall–Kier alpha value is -0.500. The van der Waals surface area contributed by atoms with Crippen molar-refractivity contribution in [2.45, 2.75) is 347 Å². The molecule has 0 aliphatic carbocycles. The number of phosphoric acid groups is 1. The van der Waals surface area contributed by atoms with E-state index < -0.39 is 20.0 Å². The van der Waals surface area contributed by atoms with Crippen molar-refractivity contribution >= 4 is 13.7 Å². The number of nitrogens with one attached hydrogen (secondary N) is 1. The number of hydrogen-bond donors (Lipinski definition) is 3. The summed E-state index contributed by atoms with van der Waals surface area (Å²) in [6, 6.07) is -0.752. The lowest BCUT2D eigenvalue weighted by atomic mass is 10.0. The fraction of sp³-hybridized carbons (Fsp3) is 0.984. The number of amides is 1. The summed E-state index contributed by atoms with van der Waals surface area (Å²) in [6.45, 7) is 4.88. The van der Waals surface area contributed by atoms with E-state index in [0.717, 1.165) is 38.5 Å². The van der Waals surface area contributed by atoms with E-state index in [1.165, 1.54) is 270 Å². The number of rotatable bonds is 59. The van der Waals surface area contributed by atoms with Crippen LogP contribution in [0.1, 0.15) is 335 Å². The highest BCUT2D eigenvalue weighted by atomic mass is 31.2. The highest BCUT2D eigenvalue weighted by Gasteiger charge is 2.28. The minimum Gasteiger partial charge on any atom is -0.391 e. The van der Waals surface area contributed by atoms with Gasteiger partial charge in [-0.05, 0) is 12.8 Å². The first-order valence-corrected chi connectivity index (χ1v) is 32.9. The number of quaternary nitrogens is 1. The van der Waals surface area contributed by atoms with Crippen molar-refractivity contribution in [1.82, 2.24) is 5.32 Å². The van der Waals surface area contributed by atoms with E-state index in [-0.39, 0.29) is 19.1 Å². The van der Waals surface area contributed by atoms with Gasteiger partial charge in [0.05, 0.1) is 39.9 Å². The van der Waals surface area contributed by atoms with Gasteiger partial charge in [0.2, 0.25) is 5.91 Å². The third-order valence-electron chi connectivity index (χ3n) is 14.9. The van der Waals surface area contributed by atoms with Gasteiger partial charge in [-0.3, -0.25) is 13.8 Å². The second-order valence-corrected chi connectivity index (χ2v) is 24.6. The van der Waals surface area contributed by atoms with Gasteiger partial charge in [-0.15, -0.1) is 0 Å². The Morgan fingerprint density at radius 3 is 0.957 bits per heavy atom. The predicted octanol–water partition coefficient (Wildman–Crippen LogP) is 19.2. The zero-order chi connectivity index (χ0) is 51.3. The van der Waals surface area contributed by atoms with E-state index in [4.69, 9.17) is 9.05 Å². The van der Waals surface area contributed by atoms with Gasteiger partial charge in [0.25, 0.3) is 0 Å². The van der Waals surface area contributed by atoms with Crippen LogP contribution in [-0.4, -0.2) is 73.4 Å². The summed E-state index contributed by atoms with van der Waals surface area (Å²) in [6.07, 6.45) is 65.4. The molecular weight excluding hydrogens is 888 g/mol. The molecule has 420 valence electrons. The minimum atomic E-state index is -4.30. The second-order valence-electron chi connectivity index (χ2n) is 23.2. The van der Waals surface area contributed by atoms with E-state index in [2.05, 4.69) is 19.2 Å². The predicted molar refractivity (Wildman–Crippen MR) is 305 cm³/mol.